The Kier molecular flexibility index (Phi) is 7.53. The van der Waals surface area contributed by atoms with Gasteiger partial charge in [-0.15, -0.1) is 0 Å². The summed E-state index contributed by atoms with van der Waals surface area (Å²) in [6, 6.07) is 71.1. The number of furan rings is 1. The van der Waals surface area contributed by atoms with Crippen LogP contribution in [0.1, 0.15) is 0 Å². The maximum atomic E-state index is 6.31. The fourth-order valence-corrected chi connectivity index (χ4v) is 7.05. The number of rotatable bonds is 7. The average molecular weight is 640 g/mol. The zero-order chi connectivity index (χ0) is 33.3. The third-order valence-electron chi connectivity index (χ3n) is 9.51. The average Bonchev–Trinajstić information content (AvgIpc) is 3.64. The van der Waals surface area contributed by atoms with Crippen molar-refractivity contribution in [2.75, 3.05) is 4.90 Å². The molecule has 0 saturated carbocycles. The lowest BCUT2D eigenvalue weighted by Gasteiger charge is -2.29. The zero-order valence-corrected chi connectivity index (χ0v) is 27.4. The maximum Gasteiger partial charge on any atom is 0.136 e. The van der Waals surface area contributed by atoms with E-state index in [-0.39, 0.29) is 0 Å². The van der Waals surface area contributed by atoms with Gasteiger partial charge in [-0.3, -0.25) is 0 Å². The molecule has 9 rings (SSSR count). The number of anilines is 3. The van der Waals surface area contributed by atoms with Crippen LogP contribution in [-0.4, -0.2) is 0 Å². The normalized spacial score (nSPS) is 11.2. The number of fused-ring (bicyclic) bond motifs is 2. The van der Waals surface area contributed by atoms with E-state index in [1.807, 2.05) is 18.2 Å². The molecule has 0 saturated heterocycles. The molecular weight excluding hydrogens is 607 g/mol. The van der Waals surface area contributed by atoms with Crippen molar-refractivity contribution in [3.8, 4) is 44.7 Å². The lowest BCUT2D eigenvalue weighted by molar-refractivity contribution is 0.632. The lowest BCUT2D eigenvalue weighted by Crippen LogP contribution is -2.11. The summed E-state index contributed by atoms with van der Waals surface area (Å²) >= 11 is 0. The van der Waals surface area contributed by atoms with E-state index in [0.717, 1.165) is 50.5 Å². The topological polar surface area (TPSA) is 16.4 Å². The molecule has 0 aliphatic heterocycles. The van der Waals surface area contributed by atoms with E-state index >= 15 is 0 Å². The minimum Gasteiger partial charge on any atom is -0.456 e. The van der Waals surface area contributed by atoms with Gasteiger partial charge in [-0.2, -0.15) is 0 Å². The van der Waals surface area contributed by atoms with Crippen LogP contribution >= 0.6 is 0 Å². The first-order valence-corrected chi connectivity index (χ1v) is 17.0. The molecule has 0 fully saturated rings. The second-order valence-electron chi connectivity index (χ2n) is 12.5. The molecule has 0 radical (unpaired) electrons. The number of benzene rings is 8. The molecule has 0 spiro atoms. The molecule has 8 aromatic carbocycles. The van der Waals surface area contributed by atoms with E-state index in [0.29, 0.717) is 0 Å². The summed E-state index contributed by atoms with van der Waals surface area (Å²) in [6.07, 6.45) is 0. The summed E-state index contributed by atoms with van der Waals surface area (Å²) < 4.78 is 6.31. The SMILES string of the molecule is c1ccc(-c2ccc(-c3ccccc3N(c3ccc(-c4ccccc4-c4cc5ccccc5o4)cc3)c3cccc4ccccc34)cc2)cc1. The van der Waals surface area contributed by atoms with Gasteiger partial charge in [0.2, 0.25) is 0 Å². The van der Waals surface area contributed by atoms with Gasteiger partial charge in [-0.1, -0.05) is 164 Å². The van der Waals surface area contributed by atoms with Crippen LogP contribution in [0.5, 0.6) is 0 Å². The molecule has 50 heavy (non-hydrogen) atoms. The quantitative estimate of drug-likeness (QED) is 0.173. The molecule has 0 N–H and O–H groups in total. The summed E-state index contributed by atoms with van der Waals surface area (Å²) in [5.41, 5.74) is 12.3. The number of hydrogen-bond donors (Lipinski definition) is 0. The van der Waals surface area contributed by atoms with E-state index in [1.165, 1.54) is 33.0 Å². The summed E-state index contributed by atoms with van der Waals surface area (Å²) in [6.45, 7) is 0. The van der Waals surface area contributed by atoms with Crippen LogP contribution in [-0.2, 0) is 0 Å². The van der Waals surface area contributed by atoms with Crippen LogP contribution in [0.3, 0.4) is 0 Å². The van der Waals surface area contributed by atoms with Crippen LogP contribution in [0.2, 0.25) is 0 Å². The predicted molar refractivity (Wildman–Crippen MR) is 210 cm³/mol. The fraction of sp³-hybridized carbons (Fsp3) is 0. The van der Waals surface area contributed by atoms with Crippen molar-refractivity contribution in [3.05, 3.63) is 200 Å². The molecule has 9 aromatic rings. The second kappa shape index (κ2) is 12.8. The number of nitrogens with zero attached hydrogens (tertiary/aromatic N) is 1. The second-order valence-corrected chi connectivity index (χ2v) is 12.5. The number of para-hydroxylation sites is 2. The molecule has 1 aromatic heterocycles. The zero-order valence-electron chi connectivity index (χ0n) is 27.4. The third kappa shape index (κ3) is 5.43. The highest BCUT2D eigenvalue weighted by atomic mass is 16.3. The predicted octanol–water partition coefficient (Wildman–Crippen LogP) is 13.7. The molecule has 0 amide bonds. The molecule has 2 nitrogen and oxygen atoms in total. The van der Waals surface area contributed by atoms with Crippen molar-refractivity contribution in [1.29, 1.82) is 0 Å². The van der Waals surface area contributed by atoms with Crippen molar-refractivity contribution in [2.24, 2.45) is 0 Å². The van der Waals surface area contributed by atoms with Crippen LogP contribution < -0.4 is 4.90 Å². The lowest BCUT2D eigenvalue weighted by atomic mass is 9.96. The summed E-state index contributed by atoms with van der Waals surface area (Å²) in [7, 11) is 0. The van der Waals surface area contributed by atoms with Gasteiger partial charge in [0.05, 0.1) is 11.4 Å². The Morgan fingerprint density at radius 1 is 0.340 bits per heavy atom. The highest BCUT2D eigenvalue weighted by Gasteiger charge is 2.20. The molecular formula is C48H33NO. The summed E-state index contributed by atoms with van der Waals surface area (Å²) in [5, 5.41) is 3.51. The maximum absolute atomic E-state index is 6.31. The van der Waals surface area contributed by atoms with Gasteiger partial charge in [-0.05, 0) is 69.6 Å². The Hall–Kier alpha value is -6.64. The first kappa shape index (κ1) is 29.5. The summed E-state index contributed by atoms with van der Waals surface area (Å²) in [4.78, 5) is 2.40. The monoisotopic (exact) mass is 639 g/mol. The minimum absolute atomic E-state index is 0.871. The van der Waals surface area contributed by atoms with Crippen LogP contribution in [0.4, 0.5) is 17.1 Å². The number of hydrogen-bond acceptors (Lipinski definition) is 2. The van der Waals surface area contributed by atoms with Gasteiger partial charge >= 0.3 is 0 Å². The molecule has 236 valence electrons. The van der Waals surface area contributed by atoms with E-state index < -0.39 is 0 Å². The van der Waals surface area contributed by atoms with Crippen LogP contribution in [0.15, 0.2) is 205 Å². The molecule has 1 heterocycles. The highest BCUT2D eigenvalue weighted by molar-refractivity contribution is 6.01. The van der Waals surface area contributed by atoms with Gasteiger partial charge in [0.15, 0.2) is 0 Å². The Morgan fingerprint density at radius 3 is 1.68 bits per heavy atom. The first-order chi connectivity index (χ1) is 24.8. The first-order valence-electron chi connectivity index (χ1n) is 17.0. The molecule has 2 heteroatoms. The van der Waals surface area contributed by atoms with Crippen LogP contribution in [0.25, 0.3) is 66.4 Å². The van der Waals surface area contributed by atoms with E-state index in [4.69, 9.17) is 4.42 Å². The fourth-order valence-electron chi connectivity index (χ4n) is 7.05. The molecule has 0 aliphatic rings. The minimum atomic E-state index is 0.871. The third-order valence-corrected chi connectivity index (χ3v) is 9.51. The molecule has 0 atom stereocenters. The molecule has 0 aliphatic carbocycles. The van der Waals surface area contributed by atoms with Crippen LogP contribution in [0, 0.1) is 0 Å². The standard InChI is InChI=1S/C48H33NO/c1-2-13-34(14-3-1)35-25-27-38(28-26-35)43-20-9-10-22-45(43)49(46-23-12-17-36-15-4-6-19-42(36)46)40-31-29-37(30-32-40)41-18-7-8-21-44(41)48-33-39-16-5-11-24-47(39)50-48/h1-33H. The van der Waals surface area contributed by atoms with Crippen molar-refractivity contribution < 1.29 is 4.42 Å². The van der Waals surface area contributed by atoms with Crippen molar-refractivity contribution in [1.82, 2.24) is 0 Å². The van der Waals surface area contributed by atoms with E-state index in [2.05, 4.69) is 187 Å². The largest absolute Gasteiger partial charge is 0.456 e. The van der Waals surface area contributed by atoms with E-state index in [1.54, 1.807) is 0 Å². The summed E-state index contributed by atoms with van der Waals surface area (Å²) in [5.74, 6) is 0.871. The molecule has 0 bridgehead atoms. The molecule has 0 unspecified atom stereocenters. The Labute approximate surface area is 292 Å². The highest BCUT2D eigenvalue weighted by Crippen LogP contribution is 2.44. The Bertz CT molecular complexity index is 2540. The Balaban J connectivity index is 1.16. The van der Waals surface area contributed by atoms with Gasteiger partial charge in [0.1, 0.15) is 11.3 Å². The van der Waals surface area contributed by atoms with Gasteiger partial charge in [0, 0.05) is 27.6 Å². The van der Waals surface area contributed by atoms with E-state index in [9.17, 15) is 0 Å². The van der Waals surface area contributed by atoms with Gasteiger partial charge in [-0.25, -0.2) is 0 Å². The smallest absolute Gasteiger partial charge is 0.136 e. The van der Waals surface area contributed by atoms with Gasteiger partial charge < -0.3 is 9.32 Å². The van der Waals surface area contributed by atoms with Gasteiger partial charge in [0.25, 0.3) is 0 Å². The van der Waals surface area contributed by atoms with Crippen molar-refractivity contribution >= 4 is 38.8 Å². The van der Waals surface area contributed by atoms with Crippen molar-refractivity contribution in [3.63, 3.8) is 0 Å². The Morgan fingerprint density at radius 2 is 0.880 bits per heavy atom. The van der Waals surface area contributed by atoms with Crippen molar-refractivity contribution in [2.45, 2.75) is 0 Å².